The molecule has 0 unspecified atom stereocenters. The van der Waals surface area contributed by atoms with E-state index in [1.54, 1.807) is 6.07 Å². The maximum absolute atomic E-state index is 13.6. The van der Waals surface area contributed by atoms with Crippen LogP contribution in [-0.4, -0.2) is 35.9 Å². The highest BCUT2D eigenvalue weighted by Crippen LogP contribution is 2.39. The molecule has 26 heavy (non-hydrogen) atoms. The highest BCUT2D eigenvalue weighted by atomic mass is 32.2. The first-order chi connectivity index (χ1) is 12.1. The van der Waals surface area contributed by atoms with Crippen molar-refractivity contribution in [1.82, 2.24) is 0 Å². The van der Waals surface area contributed by atoms with Gasteiger partial charge in [-0.15, -0.1) is 0 Å². The first kappa shape index (κ1) is 18.8. The second-order valence-electron chi connectivity index (χ2n) is 6.58. The molecule has 0 spiro atoms. The van der Waals surface area contributed by atoms with Gasteiger partial charge in [0.05, 0.1) is 21.5 Å². The summed E-state index contributed by atoms with van der Waals surface area (Å²) < 4.78 is 61.9. The van der Waals surface area contributed by atoms with Crippen LogP contribution in [0.5, 0.6) is 0 Å². The Morgan fingerprint density at radius 3 is 2.35 bits per heavy atom. The Morgan fingerprint density at radius 1 is 1.00 bits per heavy atom. The smallest absolute Gasteiger partial charge is 0.177 e. The van der Waals surface area contributed by atoms with Crippen molar-refractivity contribution in [2.45, 2.75) is 28.7 Å². The second-order valence-corrected chi connectivity index (χ2v) is 10.6. The van der Waals surface area contributed by atoms with Gasteiger partial charge in [0, 0.05) is 19.1 Å². The van der Waals surface area contributed by atoms with Crippen LogP contribution in [0.4, 0.5) is 10.1 Å². The summed E-state index contributed by atoms with van der Waals surface area (Å²) >= 11 is 0. The van der Waals surface area contributed by atoms with Crippen molar-refractivity contribution < 1.29 is 21.2 Å². The molecule has 3 rings (SSSR count). The van der Waals surface area contributed by atoms with E-state index in [4.69, 9.17) is 0 Å². The second kappa shape index (κ2) is 6.66. The van der Waals surface area contributed by atoms with Crippen molar-refractivity contribution in [2.75, 3.05) is 24.0 Å². The molecule has 0 aliphatic carbocycles. The standard InChI is InChI=1S/C18H20FNO4S2/c1-25(21,22)15-8-9-17(18(12-15)26(2,23)24)20-10-4-7-16(20)13-5-3-6-14(19)11-13/h3,5-6,8-9,11-12,16H,4,7,10H2,1-2H3/t16-/m0/s1. The van der Waals surface area contributed by atoms with E-state index in [9.17, 15) is 21.2 Å². The monoisotopic (exact) mass is 397 g/mol. The molecule has 140 valence electrons. The average molecular weight is 397 g/mol. The molecule has 1 heterocycles. The maximum atomic E-state index is 13.6. The first-order valence-corrected chi connectivity index (χ1v) is 11.9. The van der Waals surface area contributed by atoms with Gasteiger partial charge < -0.3 is 4.90 Å². The molecule has 1 aliphatic heterocycles. The van der Waals surface area contributed by atoms with Crippen LogP contribution in [0.25, 0.3) is 0 Å². The summed E-state index contributed by atoms with van der Waals surface area (Å²) in [5.41, 5.74) is 1.22. The van der Waals surface area contributed by atoms with Crippen LogP contribution in [-0.2, 0) is 19.7 Å². The normalized spacial score (nSPS) is 18.3. The molecule has 2 aromatic rings. The van der Waals surface area contributed by atoms with Gasteiger partial charge in [-0.2, -0.15) is 0 Å². The largest absolute Gasteiger partial charge is 0.363 e. The molecule has 0 saturated carbocycles. The van der Waals surface area contributed by atoms with E-state index in [2.05, 4.69) is 0 Å². The Labute approximate surface area is 153 Å². The fourth-order valence-corrected chi connectivity index (χ4v) is 5.00. The molecular weight excluding hydrogens is 377 g/mol. The van der Waals surface area contributed by atoms with Crippen molar-refractivity contribution in [2.24, 2.45) is 0 Å². The third-order valence-electron chi connectivity index (χ3n) is 4.55. The maximum Gasteiger partial charge on any atom is 0.177 e. The number of hydrogen-bond donors (Lipinski definition) is 0. The summed E-state index contributed by atoms with van der Waals surface area (Å²) in [4.78, 5) is 1.85. The molecule has 1 aliphatic rings. The van der Waals surface area contributed by atoms with Crippen molar-refractivity contribution in [3.63, 3.8) is 0 Å². The van der Waals surface area contributed by atoms with Crippen LogP contribution in [0.1, 0.15) is 24.4 Å². The fourth-order valence-electron chi connectivity index (χ4n) is 3.37. The molecule has 1 fully saturated rings. The Balaban J connectivity index is 2.13. The zero-order chi connectivity index (χ0) is 19.1. The van der Waals surface area contributed by atoms with E-state index in [0.29, 0.717) is 12.2 Å². The molecule has 0 amide bonds. The predicted molar refractivity (Wildman–Crippen MR) is 98.4 cm³/mol. The van der Waals surface area contributed by atoms with Gasteiger partial charge in [-0.3, -0.25) is 0 Å². The Morgan fingerprint density at radius 2 is 1.73 bits per heavy atom. The summed E-state index contributed by atoms with van der Waals surface area (Å²) in [6, 6.07) is 10.3. The quantitative estimate of drug-likeness (QED) is 0.793. The lowest BCUT2D eigenvalue weighted by Crippen LogP contribution is -2.24. The molecular formula is C18H20FNO4S2. The topological polar surface area (TPSA) is 71.5 Å². The first-order valence-electron chi connectivity index (χ1n) is 8.13. The van der Waals surface area contributed by atoms with E-state index in [-0.39, 0.29) is 21.7 Å². The molecule has 5 nitrogen and oxygen atoms in total. The minimum atomic E-state index is -3.65. The summed E-state index contributed by atoms with van der Waals surface area (Å²) in [7, 11) is -7.18. The lowest BCUT2D eigenvalue weighted by atomic mass is 10.0. The van der Waals surface area contributed by atoms with Crippen LogP contribution in [0.15, 0.2) is 52.3 Å². The Bertz CT molecular complexity index is 1050. The van der Waals surface area contributed by atoms with Gasteiger partial charge in [0.15, 0.2) is 19.7 Å². The highest BCUT2D eigenvalue weighted by Gasteiger charge is 2.30. The molecule has 0 radical (unpaired) electrons. The molecule has 1 saturated heterocycles. The SMILES string of the molecule is CS(=O)(=O)c1ccc(N2CCC[C@H]2c2cccc(F)c2)c(S(C)(=O)=O)c1. The van der Waals surface area contributed by atoms with Crippen molar-refractivity contribution >= 4 is 25.4 Å². The molecule has 1 atom stereocenters. The number of anilines is 1. The van der Waals surface area contributed by atoms with Crippen LogP contribution in [0, 0.1) is 5.82 Å². The van der Waals surface area contributed by atoms with Crippen molar-refractivity contribution in [3.8, 4) is 0 Å². The Kier molecular flexibility index (Phi) is 4.83. The third kappa shape index (κ3) is 3.76. The summed E-state index contributed by atoms with van der Waals surface area (Å²) in [6.45, 7) is 0.613. The number of rotatable bonds is 4. The summed E-state index contributed by atoms with van der Waals surface area (Å²) in [5, 5.41) is 0. The Hall–Kier alpha value is -1.93. The van der Waals surface area contributed by atoms with Crippen molar-refractivity contribution in [1.29, 1.82) is 0 Å². The minimum Gasteiger partial charge on any atom is -0.363 e. The number of nitrogens with zero attached hydrogens (tertiary/aromatic N) is 1. The van der Waals surface area contributed by atoms with Gasteiger partial charge in [0.25, 0.3) is 0 Å². The van der Waals surface area contributed by atoms with Gasteiger partial charge in [-0.1, -0.05) is 12.1 Å². The van der Waals surface area contributed by atoms with Crippen LogP contribution < -0.4 is 4.90 Å². The average Bonchev–Trinajstić information content (AvgIpc) is 3.02. The lowest BCUT2D eigenvalue weighted by molar-refractivity contribution is 0.598. The molecule has 8 heteroatoms. The van der Waals surface area contributed by atoms with Crippen LogP contribution >= 0.6 is 0 Å². The summed E-state index contributed by atoms with van der Waals surface area (Å²) in [6.07, 6.45) is 3.70. The number of hydrogen-bond acceptors (Lipinski definition) is 5. The number of halogens is 1. The number of benzene rings is 2. The van der Waals surface area contributed by atoms with Crippen LogP contribution in [0.2, 0.25) is 0 Å². The van der Waals surface area contributed by atoms with E-state index in [1.807, 2.05) is 11.0 Å². The molecule has 0 N–H and O–H groups in total. The van der Waals surface area contributed by atoms with Gasteiger partial charge in [-0.05, 0) is 48.7 Å². The van der Waals surface area contributed by atoms with Gasteiger partial charge in [-0.25, -0.2) is 21.2 Å². The van der Waals surface area contributed by atoms with E-state index in [1.165, 1.54) is 30.3 Å². The lowest BCUT2D eigenvalue weighted by Gasteiger charge is -2.29. The van der Waals surface area contributed by atoms with Crippen molar-refractivity contribution in [3.05, 3.63) is 53.8 Å². The van der Waals surface area contributed by atoms with Gasteiger partial charge >= 0.3 is 0 Å². The van der Waals surface area contributed by atoms with E-state index >= 15 is 0 Å². The van der Waals surface area contributed by atoms with Gasteiger partial charge in [0.1, 0.15) is 5.82 Å². The fraction of sp³-hybridized carbons (Fsp3) is 0.333. The van der Waals surface area contributed by atoms with E-state index in [0.717, 1.165) is 30.9 Å². The molecule has 2 aromatic carbocycles. The minimum absolute atomic E-state index is 0.0243. The predicted octanol–water partition coefficient (Wildman–Crippen LogP) is 2.97. The van der Waals surface area contributed by atoms with E-state index < -0.39 is 19.7 Å². The third-order valence-corrected chi connectivity index (χ3v) is 6.79. The van der Waals surface area contributed by atoms with Gasteiger partial charge in [0.2, 0.25) is 0 Å². The summed E-state index contributed by atoms with van der Waals surface area (Å²) in [5.74, 6) is -0.342. The number of sulfone groups is 2. The zero-order valence-corrected chi connectivity index (χ0v) is 16.1. The molecule has 0 bridgehead atoms. The molecule has 0 aromatic heterocycles. The van der Waals surface area contributed by atoms with Crippen LogP contribution in [0.3, 0.4) is 0 Å². The highest BCUT2D eigenvalue weighted by molar-refractivity contribution is 7.91. The zero-order valence-electron chi connectivity index (χ0n) is 14.5.